The van der Waals surface area contributed by atoms with E-state index < -0.39 is 6.23 Å². The number of hydrogen-bond acceptors (Lipinski definition) is 3. The summed E-state index contributed by atoms with van der Waals surface area (Å²) in [5, 5.41) is 9.33. The third-order valence-corrected chi connectivity index (χ3v) is 1.94. The molecule has 1 aliphatic rings. The zero-order valence-corrected chi connectivity index (χ0v) is 6.66. The zero-order chi connectivity index (χ0) is 8.43. The minimum Gasteiger partial charge on any atom is -0.378 e. The van der Waals surface area contributed by atoms with Crippen molar-refractivity contribution in [2.45, 2.75) is 19.6 Å². The molecular formula is C7H14N2O2. The fraction of sp³-hybridized carbons (Fsp3) is 0.857. The molecule has 0 saturated carbocycles. The minimum absolute atomic E-state index is 0.172. The van der Waals surface area contributed by atoms with Gasteiger partial charge in [0, 0.05) is 6.54 Å². The zero-order valence-electron chi connectivity index (χ0n) is 6.66. The van der Waals surface area contributed by atoms with Crippen LogP contribution < -0.4 is 5.73 Å². The summed E-state index contributed by atoms with van der Waals surface area (Å²) in [5.41, 5.74) is 4.99. The lowest BCUT2D eigenvalue weighted by atomic mass is 10.1. The summed E-state index contributed by atoms with van der Waals surface area (Å²) < 4.78 is 0. The van der Waals surface area contributed by atoms with Crippen LogP contribution in [-0.4, -0.2) is 35.2 Å². The standard InChI is InChI=1S/C7H14N2O2/c1-5-2-7(11)9(3-5)4-6(8)10/h5,7,11H,2-4H2,1H3,(H2,8,10). The molecule has 3 N–H and O–H groups in total. The van der Waals surface area contributed by atoms with Gasteiger partial charge >= 0.3 is 0 Å². The smallest absolute Gasteiger partial charge is 0.231 e. The average molecular weight is 158 g/mol. The molecule has 1 aliphatic heterocycles. The molecule has 0 aromatic rings. The molecule has 1 rings (SSSR count). The van der Waals surface area contributed by atoms with E-state index >= 15 is 0 Å². The number of primary amides is 1. The summed E-state index contributed by atoms with van der Waals surface area (Å²) in [5.74, 6) is 0.0856. The highest BCUT2D eigenvalue weighted by atomic mass is 16.3. The van der Waals surface area contributed by atoms with E-state index in [9.17, 15) is 9.90 Å². The molecule has 0 aromatic carbocycles. The maximum Gasteiger partial charge on any atom is 0.231 e. The molecule has 4 heteroatoms. The topological polar surface area (TPSA) is 66.6 Å². The quantitative estimate of drug-likeness (QED) is 0.549. The van der Waals surface area contributed by atoms with Gasteiger partial charge in [0.15, 0.2) is 0 Å². The second-order valence-electron chi connectivity index (χ2n) is 3.22. The van der Waals surface area contributed by atoms with Gasteiger partial charge < -0.3 is 10.8 Å². The molecule has 0 bridgehead atoms. The fourth-order valence-corrected chi connectivity index (χ4v) is 1.48. The highest BCUT2D eigenvalue weighted by Crippen LogP contribution is 2.19. The van der Waals surface area contributed by atoms with Crippen molar-refractivity contribution in [1.29, 1.82) is 0 Å². The summed E-state index contributed by atoms with van der Waals surface area (Å²) in [6.07, 6.45) is 0.269. The van der Waals surface area contributed by atoms with Crippen LogP contribution in [0.1, 0.15) is 13.3 Å². The Labute approximate surface area is 66.0 Å². The Hall–Kier alpha value is -0.610. The first kappa shape index (κ1) is 8.49. The normalized spacial score (nSPS) is 32.5. The van der Waals surface area contributed by atoms with Gasteiger partial charge in [-0.2, -0.15) is 0 Å². The predicted octanol–water partition coefficient (Wildman–Crippen LogP) is -0.868. The summed E-state index contributed by atoms with van der Waals surface area (Å²) in [6, 6.07) is 0. The van der Waals surface area contributed by atoms with E-state index in [1.54, 1.807) is 4.90 Å². The third kappa shape index (κ3) is 2.17. The number of rotatable bonds is 2. The molecule has 1 saturated heterocycles. The van der Waals surface area contributed by atoms with Crippen LogP contribution in [0.15, 0.2) is 0 Å². The second kappa shape index (κ2) is 3.19. The number of nitrogens with zero attached hydrogens (tertiary/aromatic N) is 1. The lowest BCUT2D eigenvalue weighted by molar-refractivity contribution is -0.121. The van der Waals surface area contributed by atoms with E-state index in [2.05, 4.69) is 0 Å². The van der Waals surface area contributed by atoms with Gasteiger partial charge in [-0.15, -0.1) is 0 Å². The van der Waals surface area contributed by atoms with Gasteiger partial charge in [0.1, 0.15) is 6.23 Å². The Morgan fingerprint density at radius 2 is 2.45 bits per heavy atom. The van der Waals surface area contributed by atoms with E-state index in [1.165, 1.54) is 0 Å². The molecule has 0 spiro atoms. The van der Waals surface area contributed by atoms with Gasteiger partial charge in [0.2, 0.25) is 5.91 Å². The predicted molar refractivity (Wildman–Crippen MR) is 40.6 cm³/mol. The van der Waals surface area contributed by atoms with Crippen molar-refractivity contribution in [2.24, 2.45) is 11.7 Å². The van der Waals surface area contributed by atoms with Crippen LogP contribution in [0.5, 0.6) is 0 Å². The number of aliphatic hydroxyl groups is 1. The lowest BCUT2D eigenvalue weighted by Crippen LogP contribution is -2.37. The van der Waals surface area contributed by atoms with Crippen LogP contribution >= 0.6 is 0 Å². The summed E-state index contributed by atoms with van der Waals surface area (Å²) in [6.45, 7) is 2.99. The number of amides is 1. The van der Waals surface area contributed by atoms with Crippen molar-refractivity contribution in [3.8, 4) is 0 Å². The van der Waals surface area contributed by atoms with Crippen molar-refractivity contribution < 1.29 is 9.90 Å². The van der Waals surface area contributed by atoms with E-state index in [-0.39, 0.29) is 12.5 Å². The molecule has 2 unspecified atom stereocenters. The Morgan fingerprint density at radius 3 is 2.82 bits per heavy atom. The molecule has 1 fully saturated rings. The van der Waals surface area contributed by atoms with Gasteiger partial charge in [0.05, 0.1) is 6.54 Å². The fourth-order valence-electron chi connectivity index (χ4n) is 1.48. The van der Waals surface area contributed by atoms with Crippen LogP contribution in [0.3, 0.4) is 0 Å². The maximum absolute atomic E-state index is 10.5. The summed E-state index contributed by atoms with van der Waals surface area (Å²) in [4.78, 5) is 12.2. The van der Waals surface area contributed by atoms with Crippen LogP contribution in [0.2, 0.25) is 0 Å². The molecule has 2 atom stereocenters. The Kier molecular flexibility index (Phi) is 2.46. The summed E-state index contributed by atoms with van der Waals surface area (Å²) >= 11 is 0. The monoisotopic (exact) mass is 158 g/mol. The largest absolute Gasteiger partial charge is 0.378 e. The van der Waals surface area contributed by atoms with E-state index in [0.717, 1.165) is 13.0 Å². The molecular weight excluding hydrogens is 144 g/mol. The van der Waals surface area contributed by atoms with Crippen molar-refractivity contribution in [3.05, 3.63) is 0 Å². The first-order valence-corrected chi connectivity index (χ1v) is 3.80. The van der Waals surface area contributed by atoms with Crippen LogP contribution in [-0.2, 0) is 4.79 Å². The Balaban J connectivity index is 2.40. The Bertz CT molecular complexity index is 161. The molecule has 1 heterocycles. The van der Waals surface area contributed by atoms with Crippen molar-refractivity contribution >= 4 is 5.91 Å². The van der Waals surface area contributed by atoms with Crippen LogP contribution in [0.4, 0.5) is 0 Å². The molecule has 1 amide bonds. The number of hydrogen-bond donors (Lipinski definition) is 2. The van der Waals surface area contributed by atoms with Gasteiger partial charge in [-0.25, -0.2) is 0 Å². The van der Waals surface area contributed by atoms with Gasteiger partial charge in [0.25, 0.3) is 0 Å². The van der Waals surface area contributed by atoms with E-state index in [0.29, 0.717) is 5.92 Å². The SMILES string of the molecule is CC1CC(O)N(CC(N)=O)C1. The maximum atomic E-state index is 10.5. The molecule has 0 aliphatic carbocycles. The number of aliphatic hydroxyl groups excluding tert-OH is 1. The van der Waals surface area contributed by atoms with Crippen LogP contribution in [0.25, 0.3) is 0 Å². The van der Waals surface area contributed by atoms with Crippen LogP contribution in [0, 0.1) is 5.92 Å². The Morgan fingerprint density at radius 1 is 1.82 bits per heavy atom. The summed E-state index contributed by atoms with van der Waals surface area (Å²) in [7, 11) is 0. The molecule has 0 aromatic heterocycles. The van der Waals surface area contributed by atoms with Crippen molar-refractivity contribution in [2.75, 3.05) is 13.1 Å². The van der Waals surface area contributed by atoms with Gasteiger partial charge in [-0.1, -0.05) is 6.92 Å². The second-order valence-corrected chi connectivity index (χ2v) is 3.22. The molecule has 0 radical (unpaired) electrons. The number of nitrogens with two attached hydrogens (primary N) is 1. The number of carbonyl (C=O) groups is 1. The lowest BCUT2D eigenvalue weighted by Gasteiger charge is -2.16. The van der Waals surface area contributed by atoms with Crippen molar-refractivity contribution in [3.63, 3.8) is 0 Å². The molecule has 4 nitrogen and oxygen atoms in total. The third-order valence-electron chi connectivity index (χ3n) is 1.94. The van der Waals surface area contributed by atoms with E-state index in [4.69, 9.17) is 5.73 Å². The van der Waals surface area contributed by atoms with Gasteiger partial charge in [-0.05, 0) is 12.3 Å². The molecule has 64 valence electrons. The minimum atomic E-state index is -0.475. The number of likely N-dealkylation sites (tertiary alicyclic amines) is 1. The average Bonchev–Trinajstić information content (AvgIpc) is 2.09. The number of carbonyl (C=O) groups excluding carboxylic acids is 1. The highest BCUT2D eigenvalue weighted by molar-refractivity contribution is 5.75. The van der Waals surface area contributed by atoms with Crippen molar-refractivity contribution in [1.82, 2.24) is 4.90 Å². The molecule has 11 heavy (non-hydrogen) atoms. The highest BCUT2D eigenvalue weighted by Gasteiger charge is 2.28. The first-order valence-electron chi connectivity index (χ1n) is 3.80. The first-order chi connectivity index (χ1) is 5.09. The van der Waals surface area contributed by atoms with Gasteiger partial charge in [-0.3, -0.25) is 9.69 Å². The van der Waals surface area contributed by atoms with E-state index in [1.807, 2.05) is 6.92 Å².